The monoisotopic (exact) mass is 254 g/mol. The van der Waals surface area contributed by atoms with E-state index in [1.807, 2.05) is 0 Å². The SMILES string of the molecule is CCCCN(C)CC(NCCC)C1CCCCC1. The van der Waals surface area contributed by atoms with E-state index in [9.17, 15) is 0 Å². The van der Waals surface area contributed by atoms with Gasteiger partial charge in [-0.3, -0.25) is 0 Å². The molecule has 0 heterocycles. The molecule has 1 fully saturated rings. The van der Waals surface area contributed by atoms with Crippen molar-refractivity contribution in [1.29, 1.82) is 0 Å². The van der Waals surface area contributed by atoms with Gasteiger partial charge in [-0.1, -0.05) is 39.5 Å². The molecule has 1 saturated carbocycles. The zero-order chi connectivity index (χ0) is 13.2. The summed E-state index contributed by atoms with van der Waals surface area (Å²) < 4.78 is 0. The lowest BCUT2D eigenvalue weighted by Crippen LogP contribution is -2.45. The third-order valence-electron chi connectivity index (χ3n) is 4.28. The third kappa shape index (κ3) is 6.19. The molecule has 0 aliphatic heterocycles. The van der Waals surface area contributed by atoms with Gasteiger partial charge in [0.15, 0.2) is 0 Å². The smallest absolute Gasteiger partial charge is 0.0223 e. The van der Waals surface area contributed by atoms with Crippen LogP contribution in [0.3, 0.4) is 0 Å². The van der Waals surface area contributed by atoms with E-state index in [-0.39, 0.29) is 0 Å². The van der Waals surface area contributed by atoms with Crippen molar-refractivity contribution >= 4 is 0 Å². The van der Waals surface area contributed by atoms with Crippen LogP contribution in [0.4, 0.5) is 0 Å². The first kappa shape index (κ1) is 16.0. The van der Waals surface area contributed by atoms with Crippen LogP contribution in [0.1, 0.15) is 65.2 Å². The first-order valence-corrected chi connectivity index (χ1v) is 8.19. The Balaban J connectivity index is 2.37. The summed E-state index contributed by atoms with van der Waals surface area (Å²) in [6.07, 6.45) is 11.2. The van der Waals surface area contributed by atoms with E-state index in [2.05, 4.69) is 31.1 Å². The summed E-state index contributed by atoms with van der Waals surface area (Å²) in [5.74, 6) is 0.925. The van der Waals surface area contributed by atoms with Crippen LogP contribution in [-0.2, 0) is 0 Å². The Morgan fingerprint density at radius 1 is 1.11 bits per heavy atom. The molecule has 0 aromatic heterocycles. The topological polar surface area (TPSA) is 15.3 Å². The predicted octanol–water partition coefficient (Wildman–Crippen LogP) is 3.67. The lowest BCUT2D eigenvalue weighted by atomic mass is 9.83. The zero-order valence-corrected chi connectivity index (χ0v) is 12.9. The number of nitrogens with one attached hydrogen (secondary N) is 1. The maximum atomic E-state index is 3.80. The van der Waals surface area contributed by atoms with E-state index in [1.165, 1.54) is 71.0 Å². The Labute approximate surface area is 115 Å². The first-order valence-electron chi connectivity index (χ1n) is 8.19. The fraction of sp³-hybridized carbons (Fsp3) is 1.00. The van der Waals surface area contributed by atoms with Crippen molar-refractivity contribution < 1.29 is 0 Å². The Morgan fingerprint density at radius 2 is 1.83 bits per heavy atom. The molecule has 1 aliphatic carbocycles. The van der Waals surface area contributed by atoms with E-state index < -0.39 is 0 Å². The van der Waals surface area contributed by atoms with Crippen molar-refractivity contribution in [2.75, 3.05) is 26.7 Å². The molecule has 2 heteroatoms. The van der Waals surface area contributed by atoms with Crippen LogP contribution in [0.25, 0.3) is 0 Å². The number of hydrogen-bond donors (Lipinski definition) is 1. The quantitative estimate of drug-likeness (QED) is 0.675. The third-order valence-corrected chi connectivity index (χ3v) is 4.28. The van der Waals surface area contributed by atoms with Gasteiger partial charge in [0.05, 0.1) is 0 Å². The van der Waals surface area contributed by atoms with E-state index in [4.69, 9.17) is 0 Å². The van der Waals surface area contributed by atoms with Gasteiger partial charge >= 0.3 is 0 Å². The molecule has 0 aromatic carbocycles. The van der Waals surface area contributed by atoms with Crippen LogP contribution in [0.2, 0.25) is 0 Å². The molecule has 2 nitrogen and oxygen atoms in total. The van der Waals surface area contributed by atoms with Gasteiger partial charge < -0.3 is 10.2 Å². The highest BCUT2D eigenvalue weighted by Crippen LogP contribution is 2.26. The molecule has 1 N–H and O–H groups in total. The first-order chi connectivity index (χ1) is 8.77. The van der Waals surface area contributed by atoms with Crippen LogP contribution in [-0.4, -0.2) is 37.6 Å². The molecule has 0 amide bonds. The van der Waals surface area contributed by atoms with Crippen LogP contribution < -0.4 is 5.32 Å². The lowest BCUT2D eigenvalue weighted by Gasteiger charge is -2.34. The molecule has 1 rings (SSSR count). The maximum absolute atomic E-state index is 3.80. The molecule has 108 valence electrons. The van der Waals surface area contributed by atoms with Crippen LogP contribution in [0, 0.1) is 5.92 Å². The van der Waals surface area contributed by atoms with Gasteiger partial charge in [-0.05, 0) is 51.7 Å². The van der Waals surface area contributed by atoms with Gasteiger partial charge in [-0.25, -0.2) is 0 Å². The van der Waals surface area contributed by atoms with Crippen molar-refractivity contribution in [2.45, 2.75) is 71.3 Å². The highest BCUT2D eigenvalue weighted by atomic mass is 15.1. The average molecular weight is 254 g/mol. The summed E-state index contributed by atoms with van der Waals surface area (Å²) in [7, 11) is 2.29. The molecule has 0 spiro atoms. The highest BCUT2D eigenvalue weighted by molar-refractivity contribution is 4.81. The molecular formula is C16H34N2. The van der Waals surface area contributed by atoms with E-state index in [1.54, 1.807) is 0 Å². The second-order valence-electron chi connectivity index (χ2n) is 6.07. The van der Waals surface area contributed by atoms with Crippen LogP contribution in [0.5, 0.6) is 0 Å². The molecule has 1 atom stereocenters. The zero-order valence-electron chi connectivity index (χ0n) is 12.9. The van der Waals surface area contributed by atoms with Crippen molar-refractivity contribution in [3.8, 4) is 0 Å². The van der Waals surface area contributed by atoms with Gasteiger partial charge in [0.1, 0.15) is 0 Å². The van der Waals surface area contributed by atoms with Crippen molar-refractivity contribution in [3.05, 3.63) is 0 Å². The maximum Gasteiger partial charge on any atom is 0.0223 e. The van der Waals surface area contributed by atoms with E-state index >= 15 is 0 Å². The summed E-state index contributed by atoms with van der Waals surface area (Å²) in [5, 5.41) is 3.80. The standard InChI is InChI=1S/C16H34N2/c1-4-6-13-18(3)14-16(17-12-5-2)15-10-8-7-9-11-15/h15-17H,4-14H2,1-3H3. The minimum atomic E-state index is 0.729. The summed E-state index contributed by atoms with van der Waals surface area (Å²) in [6, 6.07) is 0.729. The highest BCUT2D eigenvalue weighted by Gasteiger charge is 2.23. The second-order valence-corrected chi connectivity index (χ2v) is 6.07. The normalized spacial score (nSPS) is 19.3. The summed E-state index contributed by atoms with van der Waals surface area (Å²) in [6.45, 7) is 8.23. The predicted molar refractivity (Wildman–Crippen MR) is 81.1 cm³/mol. The Bertz CT molecular complexity index is 188. The van der Waals surface area contributed by atoms with Gasteiger partial charge in [-0.2, -0.15) is 0 Å². The Hall–Kier alpha value is -0.0800. The fourth-order valence-electron chi connectivity index (χ4n) is 3.10. The van der Waals surface area contributed by atoms with Crippen molar-refractivity contribution in [3.63, 3.8) is 0 Å². The fourth-order valence-corrected chi connectivity index (χ4v) is 3.10. The average Bonchev–Trinajstić information content (AvgIpc) is 2.42. The Kier molecular flexibility index (Phi) is 8.70. The number of nitrogens with zero attached hydrogens (tertiary/aromatic N) is 1. The van der Waals surface area contributed by atoms with Crippen LogP contribution in [0.15, 0.2) is 0 Å². The molecular weight excluding hydrogens is 220 g/mol. The summed E-state index contributed by atoms with van der Waals surface area (Å²) in [4.78, 5) is 2.53. The van der Waals surface area contributed by atoms with Crippen LogP contribution >= 0.6 is 0 Å². The van der Waals surface area contributed by atoms with E-state index in [0.717, 1.165) is 12.0 Å². The van der Waals surface area contributed by atoms with Gasteiger partial charge in [-0.15, -0.1) is 0 Å². The van der Waals surface area contributed by atoms with Crippen molar-refractivity contribution in [2.24, 2.45) is 5.92 Å². The molecule has 0 radical (unpaired) electrons. The molecule has 1 aliphatic rings. The van der Waals surface area contributed by atoms with E-state index in [0.29, 0.717) is 0 Å². The number of unbranched alkanes of at least 4 members (excludes halogenated alkanes) is 1. The molecule has 18 heavy (non-hydrogen) atoms. The number of hydrogen-bond acceptors (Lipinski definition) is 2. The van der Waals surface area contributed by atoms with Gasteiger partial charge in [0, 0.05) is 12.6 Å². The summed E-state index contributed by atoms with van der Waals surface area (Å²) >= 11 is 0. The largest absolute Gasteiger partial charge is 0.312 e. The minimum absolute atomic E-state index is 0.729. The lowest BCUT2D eigenvalue weighted by molar-refractivity contribution is 0.203. The summed E-state index contributed by atoms with van der Waals surface area (Å²) in [5.41, 5.74) is 0. The molecule has 0 bridgehead atoms. The molecule has 0 saturated heterocycles. The minimum Gasteiger partial charge on any atom is -0.312 e. The second kappa shape index (κ2) is 9.80. The number of rotatable bonds is 9. The molecule has 0 aromatic rings. The van der Waals surface area contributed by atoms with Gasteiger partial charge in [0.25, 0.3) is 0 Å². The Morgan fingerprint density at radius 3 is 2.44 bits per heavy atom. The molecule has 1 unspecified atom stereocenters. The van der Waals surface area contributed by atoms with Crippen molar-refractivity contribution in [1.82, 2.24) is 10.2 Å². The number of likely N-dealkylation sites (N-methyl/N-ethyl adjacent to an activating group) is 1. The van der Waals surface area contributed by atoms with Gasteiger partial charge in [0.2, 0.25) is 0 Å².